The molecule has 0 spiro atoms. The lowest BCUT2D eigenvalue weighted by atomic mass is 10.2. The molecule has 0 bridgehead atoms. The number of hydrogen-bond acceptors (Lipinski definition) is 0. The Labute approximate surface area is 97.7 Å². The zero-order chi connectivity index (χ0) is 10.9. The van der Waals surface area contributed by atoms with Crippen molar-refractivity contribution >= 4 is 9.52 Å². The Hall–Kier alpha value is -0.303. The van der Waals surface area contributed by atoms with Gasteiger partial charge < -0.3 is 0 Å². The van der Waals surface area contributed by atoms with Crippen molar-refractivity contribution in [2.45, 2.75) is 65.2 Å². The highest BCUT2D eigenvalue weighted by Gasteiger charge is 2.08. The molecule has 1 aliphatic rings. The highest BCUT2D eigenvalue weighted by atomic mass is 28.2. The third-order valence-electron chi connectivity index (χ3n) is 3.21. The smallest absolute Gasteiger partial charge is 0.0773 e. The zero-order valence-electron chi connectivity index (χ0n) is 10.5. The Balaban J connectivity index is 2.07. The minimum Gasteiger partial charge on any atom is -0.0830 e. The maximum absolute atomic E-state index is 2.43. The molecule has 0 amide bonds. The maximum Gasteiger partial charge on any atom is 0.0773 e. The fraction of sp³-hybridized carbons (Fsp3) is 0.714. The van der Waals surface area contributed by atoms with E-state index < -0.39 is 0 Å². The van der Waals surface area contributed by atoms with Crippen LogP contribution in [0.15, 0.2) is 22.5 Å². The van der Waals surface area contributed by atoms with Crippen LogP contribution in [-0.4, -0.2) is 9.52 Å². The molecule has 1 heterocycles. The molecule has 0 aromatic carbocycles. The van der Waals surface area contributed by atoms with E-state index in [2.05, 4.69) is 26.0 Å². The van der Waals surface area contributed by atoms with Crippen molar-refractivity contribution in [3.63, 3.8) is 0 Å². The van der Waals surface area contributed by atoms with Gasteiger partial charge in [-0.3, -0.25) is 0 Å². The fourth-order valence-electron chi connectivity index (χ4n) is 2.19. The Bertz CT molecular complexity index is 201. The number of rotatable bonds is 8. The average molecular weight is 222 g/mol. The molecule has 0 saturated heterocycles. The zero-order valence-corrected chi connectivity index (χ0v) is 11.9. The first kappa shape index (κ1) is 12.8. The molecule has 86 valence electrons. The average Bonchev–Trinajstić information content (AvgIpc) is 2.67. The van der Waals surface area contributed by atoms with E-state index in [1.807, 2.05) is 10.4 Å². The molecule has 15 heavy (non-hydrogen) atoms. The maximum atomic E-state index is 2.43. The summed E-state index contributed by atoms with van der Waals surface area (Å²) in [6.07, 6.45) is 16.0. The van der Waals surface area contributed by atoms with Crippen molar-refractivity contribution < 1.29 is 0 Å². The number of allylic oxidation sites excluding steroid dienone is 4. The summed E-state index contributed by atoms with van der Waals surface area (Å²) in [5, 5.41) is 3.63. The lowest BCUT2D eigenvalue weighted by Crippen LogP contribution is -1.97. The molecule has 0 atom stereocenters. The van der Waals surface area contributed by atoms with Crippen LogP contribution in [0.25, 0.3) is 0 Å². The molecule has 1 heteroatoms. The first-order valence-corrected chi connectivity index (χ1v) is 8.15. The summed E-state index contributed by atoms with van der Waals surface area (Å²) < 4.78 is 0. The van der Waals surface area contributed by atoms with Crippen LogP contribution in [-0.2, 0) is 0 Å². The Kier molecular flexibility index (Phi) is 6.74. The predicted octanol–water partition coefficient (Wildman–Crippen LogP) is 4.10. The molecule has 0 radical (unpaired) electrons. The van der Waals surface area contributed by atoms with E-state index in [1.54, 1.807) is 0 Å². The van der Waals surface area contributed by atoms with E-state index >= 15 is 0 Å². The van der Waals surface area contributed by atoms with Gasteiger partial charge in [-0.05, 0) is 25.7 Å². The normalized spacial score (nSPS) is 15.3. The molecule has 0 nitrogen and oxygen atoms in total. The molecular formula is C14H26Si. The Morgan fingerprint density at radius 3 is 1.67 bits per heavy atom. The molecule has 0 unspecified atom stereocenters. The first-order chi connectivity index (χ1) is 7.36. The molecule has 0 fully saturated rings. The second-order valence-electron chi connectivity index (χ2n) is 4.74. The lowest BCUT2D eigenvalue weighted by molar-refractivity contribution is 0.721. The van der Waals surface area contributed by atoms with Gasteiger partial charge in [0.25, 0.3) is 0 Å². The van der Waals surface area contributed by atoms with Gasteiger partial charge in [-0.25, -0.2) is 0 Å². The Morgan fingerprint density at radius 2 is 1.27 bits per heavy atom. The van der Waals surface area contributed by atoms with Gasteiger partial charge in [0.2, 0.25) is 0 Å². The van der Waals surface area contributed by atoms with Gasteiger partial charge in [-0.15, -0.1) is 0 Å². The third kappa shape index (κ3) is 5.36. The van der Waals surface area contributed by atoms with Gasteiger partial charge in [0.1, 0.15) is 0 Å². The number of unbranched alkanes of at least 4 members (excludes halogenated alkanes) is 4. The van der Waals surface area contributed by atoms with Crippen molar-refractivity contribution in [3.8, 4) is 0 Å². The largest absolute Gasteiger partial charge is 0.0830 e. The van der Waals surface area contributed by atoms with Crippen LogP contribution >= 0.6 is 0 Å². The summed E-state index contributed by atoms with van der Waals surface area (Å²) in [4.78, 5) is 0. The van der Waals surface area contributed by atoms with Crippen molar-refractivity contribution in [1.29, 1.82) is 0 Å². The van der Waals surface area contributed by atoms with Gasteiger partial charge in [0, 0.05) is 0 Å². The third-order valence-corrected chi connectivity index (χ3v) is 5.30. The topological polar surface area (TPSA) is 0 Å². The molecule has 1 rings (SSSR count). The van der Waals surface area contributed by atoms with Crippen molar-refractivity contribution in [1.82, 2.24) is 0 Å². The van der Waals surface area contributed by atoms with Gasteiger partial charge in [0.05, 0.1) is 9.52 Å². The van der Waals surface area contributed by atoms with E-state index in [1.165, 1.54) is 51.4 Å². The van der Waals surface area contributed by atoms with Crippen molar-refractivity contribution in [2.75, 3.05) is 0 Å². The summed E-state index contributed by atoms with van der Waals surface area (Å²) in [5.41, 5.74) is 0. The SMILES string of the molecule is CCCCCC1=CC=C(CCCCC)[SiH2]1. The van der Waals surface area contributed by atoms with Gasteiger partial charge in [-0.1, -0.05) is 62.1 Å². The minimum atomic E-state index is 0.0375. The van der Waals surface area contributed by atoms with Crippen LogP contribution in [0.3, 0.4) is 0 Å². The molecule has 0 aromatic rings. The highest BCUT2D eigenvalue weighted by Crippen LogP contribution is 2.20. The van der Waals surface area contributed by atoms with E-state index in [9.17, 15) is 0 Å². The van der Waals surface area contributed by atoms with Gasteiger partial charge in [0.15, 0.2) is 0 Å². The molecule has 0 aromatic heterocycles. The fourth-order valence-corrected chi connectivity index (χ4v) is 4.10. The van der Waals surface area contributed by atoms with E-state index in [0.29, 0.717) is 0 Å². The summed E-state index contributed by atoms with van der Waals surface area (Å²) in [5.74, 6) is 0. The van der Waals surface area contributed by atoms with Crippen LogP contribution in [0.5, 0.6) is 0 Å². The standard InChI is InChI=1S/C14H26Si/c1-3-5-7-9-13-11-12-14(15-13)10-8-6-4-2/h11-12H,3-10,15H2,1-2H3. The summed E-state index contributed by atoms with van der Waals surface area (Å²) in [7, 11) is 0.0375. The molecular weight excluding hydrogens is 196 g/mol. The van der Waals surface area contributed by atoms with Gasteiger partial charge in [-0.2, -0.15) is 0 Å². The monoisotopic (exact) mass is 222 g/mol. The van der Waals surface area contributed by atoms with Gasteiger partial charge >= 0.3 is 0 Å². The molecule has 1 aliphatic heterocycles. The second kappa shape index (κ2) is 7.92. The highest BCUT2D eigenvalue weighted by molar-refractivity contribution is 6.55. The van der Waals surface area contributed by atoms with Crippen LogP contribution in [0.4, 0.5) is 0 Å². The first-order valence-electron chi connectivity index (χ1n) is 6.74. The summed E-state index contributed by atoms with van der Waals surface area (Å²) in [6, 6.07) is 0. The molecule has 0 aliphatic carbocycles. The van der Waals surface area contributed by atoms with E-state index in [4.69, 9.17) is 0 Å². The van der Waals surface area contributed by atoms with E-state index in [-0.39, 0.29) is 9.52 Å². The number of hydrogen-bond donors (Lipinski definition) is 0. The van der Waals surface area contributed by atoms with Crippen LogP contribution in [0.1, 0.15) is 65.2 Å². The van der Waals surface area contributed by atoms with Crippen LogP contribution in [0.2, 0.25) is 0 Å². The molecule has 0 N–H and O–H groups in total. The molecule has 0 saturated carbocycles. The minimum absolute atomic E-state index is 0.0375. The van der Waals surface area contributed by atoms with Crippen LogP contribution in [0, 0.1) is 0 Å². The summed E-state index contributed by atoms with van der Waals surface area (Å²) >= 11 is 0. The quantitative estimate of drug-likeness (QED) is 0.428. The van der Waals surface area contributed by atoms with Crippen molar-refractivity contribution in [2.24, 2.45) is 0 Å². The summed E-state index contributed by atoms with van der Waals surface area (Å²) in [6.45, 7) is 4.57. The van der Waals surface area contributed by atoms with Crippen molar-refractivity contribution in [3.05, 3.63) is 22.5 Å². The lowest BCUT2D eigenvalue weighted by Gasteiger charge is -2.04. The van der Waals surface area contributed by atoms with E-state index in [0.717, 1.165) is 0 Å². The van der Waals surface area contributed by atoms with Crippen LogP contribution < -0.4 is 0 Å². The predicted molar refractivity (Wildman–Crippen MR) is 73.0 cm³/mol. The second-order valence-corrected chi connectivity index (χ2v) is 6.91. The Morgan fingerprint density at radius 1 is 0.800 bits per heavy atom.